The third kappa shape index (κ3) is 2.67. The van der Waals surface area contributed by atoms with E-state index in [2.05, 4.69) is 10.2 Å². The van der Waals surface area contributed by atoms with Crippen LogP contribution >= 0.6 is 23.2 Å². The molecule has 100 valence electrons. The van der Waals surface area contributed by atoms with Gasteiger partial charge >= 0.3 is 0 Å². The summed E-state index contributed by atoms with van der Waals surface area (Å²) in [5, 5.41) is 6.71. The number of hydrogen-bond acceptors (Lipinski definition) is 4. The molecule has 19 heavy (non-hydrogen) atoms. The number of nitrogens with one attached hydrogen (secondary N) is 1. The first-order valence-electron chi connectivity index (χ1n) is 5.38. The van der Waals surface area contributed by atoms with E-state index in [1.165, 1.54) is 12.1 Å². The summed E-state index contributed by atoms with van der Waals surface area (Å²) in [7, 11) is 0. The molecule has 2 rings (SSSR count). The van der Waals surface area contributed by atoms with Crippen molar-refractivity contribution in [1.82, 2.24) is 10.2 Å². The lowest BCUT2D eigenvalue weighted by Crippen LogP contribution is -2.14. The van der Waals surface area contributed by atoms with E-state index in [1.807, 2.05) is 0 Å². The molecule has 1 heterocycles. The van der Waals surface area contributed by atoms with Crippen molar-refractivity contribution in [3.8, 4) is 11.6 Å². The fourth-order valence-electron chi connectivity index (χ4n) is 1.47. The number of nitrogens with zero attached hydrogens (tertiary/aromatic N) is 1. The first kappa shape index (κ1) is 13.7. The Morgan fingerprint density at radius 3 is 2.37 bits per heavy atom. The molecule has 7 heteroatoms. The highest BCUT2D eigenvalue weighted by atomic mass is 35.5. The third-order valence-electron chi connectivity index (χ3n) is 2.70. The van der Waals surface area contributed by atoms with Crippen molar-refractivity contribution in [3.05, 3.63) is 43.7 Å². The van der Waals surface area contributed by atoms with E-state index in [1.54, 1.807) is 13.8 Å². The Bertz CT molecular complexity index is 675. The quantitative estimate of drug-likeness (QED) is 0.835. The van der Waals surface area contributed by atoms with Gasteiger partial charge in [-0.1, -0.05) is 23.2 Å². The summed E-state index contributed by atoms with van der Waals surface area (Å²) in [6.07, 6.45) is 0. The van der Waals surface area contributed by atoms with Gasteiger partial charge in [0.15, 0.2) is 5.75 Å². The van der Waals surface area contributed by atoms with Gasteiger partial charge in [-0.3, -0.25) is 4.79 Å². The summed E-state index contributed by atoms with van der Waals surface area (Å²) in [6.45, 7) is 3.40. The van der Waals surface area contributed by atoms with Gasteiger partial charge in [-0.05, 0) is 26.0 Å². The number of anilines is 1. The first-order chi connectivity index (χ1) is 8.90. The normalized spacial score (nSPS) is 10.5. The molecule has 0 aliphatic rings. The zero-order valence-corrected chi connectivity index (χ0v) is 11.8. The van der Waals surface area contributed by atoms with Crippen LogP contribution in [0.4, 0.5) is 5.69 Å². The molecule has 0 fully saturated rings. The lowest BCUT2D eigenvalue weighted by atomic mass is 10.2. The van der Waals surface area contributed by atoms with Crippen molar-refractivity contribution in [2.45, 2.75) is 13.8 Å². The van der Waals surface area contributed by atoms with Crippen LogP contribution in [0.1, 0.15) is 11.1 Å². The lowest BCUT2D eigenvalue weighted by molar-refractivity contribution is 0.449. The Morgan fingerprint density at radius 2 is 1.79 bits per heavy atom. The molecular weight excluding hydrogens is 289 g/mol. The van der Waals surface area contributed by atoms with Crippen molar-refractivity contribution in [3.63, 3.8) is 0 Å². The summed E-state index contributed by atoms with van der Waals surface area (Å²) in [4.78, 5) is 11.4. The maximum atomic E-state index is 11.4. The molecular formula is C12H11Cl2N3O2. The number of rotatable bonds is 2. The smallest absolute Gasteiger partial charge is 0.267 e. The molecule has 0 spiro atoms. The molecule has 0 radical (unpaired) electrons. The van der Waals surface area contributed by atoms with Gasteiger partial charge in [0.25, 0.3) is 5.56 Å². The molecule has 0 amide bonds. The molecule has 0 aliphatic carbocycles. The Morgan fingerprint density at radius 1 is 1.21 bits per heavy atom. The molecule has 0 bridgehead atoms. The van der Waals surface area contributed by atoms with Crippen LogP contribution in [0, 0.1) is 13.8 Å². The van der Waals surface area contributed by atoms with Crippen molar-refractivity contribution in [2.75, 3.05) is 5.73 Å². The van der Waals surface area contributed by atoms with Crippen LogP contribution < -0.4 is 16.0 Å². The van der Waals surface area contributed by atoms with Gasteiger partial charge in [-0.2, -0.15) is 0 Å². The van der Waals surface area contributed by atoms with Crippen LogP contribution in [0.15, 0.2) is 16.9 Å². The van der Waals surface area contributed by atoms with Gasteiger partial charge in [-0.25, -0.2) is 5.10 Å². The fourth-order valence-corrected chi connectivity index (χ4v) is 2.05. The van der Waals surface area contributed by atoms with Gasteiger partial charge in [-0.15, -0.1) is 5.10 Å². The van der Waals surface area contributed by atoms with Gasteiger partial charge in [0.1, 0.15) is 0 Å². The van der Waals surface area contributed by atoms with Crippen molar-refractivity contribution in [2.24, 2.45) is 0 Å². The highest BCUT2D eigenvalue weighted by Crippen LogP contribution is 2.38. The van der Waals surface area contributed by atoms with Crippen LogP contribution in [0.2, 0.25) is 10.0 Å². The maximum absolute atomic E-state index is 11.4. The van der Waals surface area contributed by atoms with E-state index in [0.717, 1.165) is 0 Å². The highest BCUT2D eigenvalue weighted by Gasteiger charge is 2.14. The van der Waals surface area contributed by atoms with E-state index >= 15 is 0 Å². The van der Waals surface area contributed by atoms with Crippen molar-refractivity contribution < 1.29 is 4.74 Å². The molecule has 1 aromatic carbocycles. The summed E-state index contributed by atoms with van der Waals surface area (Å²) in [6, 6.07) is 3.05. The monoisotopic (exact) mass is 299 g/mol. The SMILES string of the molecule is Cc1c(Oc2c(Cl)cc(N)cc2Cl)n[nH]c(=O)c1C. The van der Waals surface area contributed by atoms with E-state index in [4.69, 9.17) is 33.7 Å². The second kappa shape index (κ2) is 5.11. The van der Waals surface area contributed by atoms with Gasteiger partial charge < -0.3 is 10.5 Å². The topological polar surface area (TPSA) is 81.0 Å². The Labute approximate surface area is 119 Å². The molecule has 0 saturated carbocycles. The second-order valence-electron chi connectivity index (χ2n) is 4.02. The number of hydrogen-bond donors (Lipinski definition) is 2. The van der Waals surface area contributed by atoms with E-state index in [9.17, 15) is 4.79 Å². The number of benzene rings is 1. The Hall–Kier alpha value is -1.72. The molecule has 2 aromatic rings. The van der Waals surface area contributed by atoms with E-state index < -0.39 is 0 Å². The van der Waals surface area contributed by atoms with Gasteiger partial charge in [0, 0.05) is 16.8 Å². The molecule has 1 aromatic heterocycles. The van der Waals surface area contributed by atoms with Crippen molar-refractivity contribution >= 4 is 28.9 Å². The summed E-state index contributed by atoms with van der Waals surface area (Å²) in [5.74, 6) is 0.491. The minimum Gasteiger partial charge on any atom is -0.434 e. The van der Waals surface area contributed by atoms with Crippen LogP contribution in [0.5, 0.6) is 11.6 Å². The summed E-state index contributed by atoms with van der Waals surface area (Å²) in [5.41, 5.74) is 6.92. The highest BCUT2D eigenvalue weighted by molar-refractivity contribution is 6.37. The van der Waals surface area contributed by atoms with Crippen molar-refractivity contribution in [1.29, 1.82) is 0 Å². The molecule has 5 nitrogen and oxygen atoms in total. The predicted molar refractivity (Wildman–Crippen MR) is 75.3 cm³/mol. The number of H-pyrrole nitrogens is 1. The van der Waals surface area contributed by atoms with Crippen LogP contribution in [0.3, 0.4) is 0 Å². The van der Waals surface area contributed by atoms with Crippen LogP contribution in [-0.2, 0) is 0 Å². The average Bonchev–Trinajstić information content (AvgIpc) is 2.33. The maximum Gasteiger partial charge on any atom is 0.267 e. The first-order valence-corrected chi connectivity index (χ1v) is 6.14. The number of aromatic nitrogens is 2. The van der Waals surface area contributed by atoms with Crippen LogP contribution in [0.25, 0.3) is 0 Å². The number of nitrogen functional groups attached to an aromatic ring is 1. The molecule has 0 saturated heterocycles. The van der Waals surface area contributed by atoms with E-state index in [0.29, 0.717) is 16.8 Å². The number of ether oxygens (including phenoxy) is 1. The number of aromatic amines is 1. The molecule has 0 atom stereocenters. The molecule has 0 aliphatic heterocycles. The lowest BCUT2D eigenvalue weighted by Gasteiger charge is -2.11. The minimum absolute atomic E-state index is 0.241. The number of halogens is 2. The predicted octanol–water partition coefficient (Wildman–Crippen LogP) is 3.07. The number of nitrogens with two attached hydrogens (primary N) is 1. The zero-order chi connectivity index (χ0) is 14.2. The van der Waals surface area contributed by atoms with Crippen LogP contribution in [-0.4, -0.2) is 10.2 Å². The molecule has 3 N–H and O–H groups in total. The Kier molecular flexibility index (Phi) is 3.68. The minimum atomic E-state index is -0.264. The van der Waals surface area contributed by atoms with Gasteiger partial charge in [0.05, 0.1) is 10.0 Å². The second-order valence-corrected chi connectivity index (χ2v) is 4.84. The average molecular weight is 300 g/mol. The largest absolute Gasteiger partial charge is 0.434 e. The fraction of sp³-hybridized carbons (Fsp3) is 0.167. The van der Waals surface area contributed by atoms with E-state index in [-0.39, 0.29) is 27.2 Å². The zero-order valence-electron chi connectivity index (χ0n) is 10.3. The Balaban J connectivity index is 2.48. The third-order valence-corrected chi connectivity index (χ3v) is 3.26. The summed E-state index contributed by atoms with van der Waals surface area (Å²) >= 11 is 12.0. The summed E-state index contributed by atoms with van der Waals surface area (Å²) < 4.78 is 5.56. The van der Waals surface area contributed by atoms with Gasteiger partial charge in [0.2, 0.25) is 5.88 Å². The molecule has 0 unspecified atom stereocenters. The standard InChI is InChI=1S/C12H11Cl2N3O2/c1-5-6(2)12(17-16-11(5)18)19-10-8(13)3-7(15)4-9(10)14/h3-4H,15H2,1-2H3,(H,16,18).